The van der Waals surface area contributed by atoms with Crippen molar-refractivity contribution in [1.82, 2.24) is 19.9 Å². The van der Waals surface area contributed by atoms with Crippen LogP contribution < -0.4 is 10.1 Å². The zero-order valence-electron chi connectivity index (χ0n) is 12.7. The summed E-state index contributed by atoms with van der Waals surface area (Å²) < 4.78 is 7.68. The quantitative estimate of drug-likeness (QED) is 0.644. The molecule has 1 aliphatic heterocycles. The van der Waals surface area contributed by atoms with Crippen molar-refractivity contribution in [3.05, 3.63) is 42.7 Å². The Morgan fingerprint density at radius 2 is 2.22 bits per heavy atom. The van der Waals surface area contributed by atoms with Gasteiger partial charge in [0.05, 0.1) is 12.8 Å². The third-order valence-electron chi connectivity index (χ3n) is 3.78. The van der Waals surface area contributed by atoms with Crippen molar-refractivity contribution in [1.29, 1.82) is 0 Å². The van der Waals surface area contributed by atoms with Crippen LogP contribution in [0.1, 0.15) is 6.42 Å². The number of rotatable bonds is 0. The minimum absolute atomic E-state index is 0.721. The molecular weight excluding hydrogens is 308 g/mol. The lowest BCUT2D eigenvalue weighted by Crippen LogP contribution is -2.20. The summed E-state index contributed by atoms with van der Waals surface area (Å²) in [6, 6.07) is 10.2. The molecule has 0 saturated heterocycles. The van der Waals surface area contributed by atoms with E-state index in [1.807, 2.05) is 35.1 Å². The van der Waals surface area contributed by atoms with Gasteiger partial charge in [0.1, 0.15) is 10.8 Å². The van der Waals surface area contributed by atoms with Gasteiger partial charge in [-0.3, -0.25) is 0 Å². The third kappa shape index (κ3) is 3.18. The molecule has 5 nitrogen and oxygen atoms in total. The second kappa shape index (κ2) is 6.60. The number of benzene rings is 1. The summed E-state index contributed by atoms with van der Waals surface area (Å²) in [6.07, 6.45) is 4.84. The van der Waals surface area contributed by atoms with Crippen LogP contribution in [0.2, 0.25) is 0 Å². The Labute approximate surface area is 139 Å². The lowest BCUT2D eigenvalue weighted by molar-refractivity contribution is 0.309. The summed E-state index contributed by atoms with van der Waals surface area (Å²) in [5, 5.41) is 8.88. The first-order chi connectivity index (χ1) is 11.4. The molecule has 4 bridgehead atoms. The minimum Gasteiger partial charge on any atom is -0.494 e. The largest absolute Gasteiger partial charge is 0.494 e. The first kappa shape index (κ1) is 14.5. The Morgan fingerprint density at radius 3 is 3.22 bits per heavy atom. The summed E-state index contributed by atoms with van der Waals surface area (Å²) >= 11 is 1.77. The Balaban J connectivity index is 1.78. The number of nitrogens with one attached hydrogen (secondary N) is 1. The molecule has 0 spiro atoms. The fourth-order valence-electron chi connectivity index (χ4n) is 2.63. The van der Waals surface area contributed by atoms with Crippen LogP contribution in [0.5, 0.6) is 5.75 Å². The van der Waals surface area contributed by atoms with Gasteiger partial charge in [0.15, 0.2) is 5.65 Å². The molecule has 1 N–H and O–H groups in total. The summed E-state index contributed by atoms with van der Waals surface area (Å²) in [6.45, 7) is 2.66. The fourth-order valence-corrected chi connectivity index (χ4v) is 3.39. The van der Waals surface area contributed by atoms with Crippen LogP contribution in [0.15, 0.2) is 47.8 Å². The molecule has 0 fully saturated rings. The number of ether oxygens (including phenoxy) is 1. The average Bonchev–Trinajstić information content (AvgIpc) is 3.00. The molecule has 0 amide bonds. The highest BCUT2D eigenvalue weighted by molar-refractivity contribution is 7.99. The maximum Gasteiger partial charge on any atom is 0.164 e. The van der Waals surface area contributed by atoms with E-state index in [0.717, 1.165) is 59.4 Å². The van der Waals surface area contributed by atoms with E-state index >= 15 is 0 Å². The van der Waals surface area contributed by atoms with Gasteiger partial charge in [-0.2, -0.15) is 5.10 Å². The van der Waals surface area contributed by atoms with Gasteiger partial charge in [0.2, 0.25) is 0 Å². The molecule has 3 aromatic rings. The van der Waals surface area contributed by atoms with E-state index in [1.54, 1.807) is 11.8 Å². The van der Waals surface area contributed by atoms with Crippen LogP contribution in [-0.2, 0) is 0 Å². The van der Waals surface area contributed by atoms with Gasteiger partial charge in [-0.1, -0.05) is 12.1 Å². The van der Waals surface area contributed by atoms with Crippen molar-refractivity contribution in [2.45, 2.75) is 11.4 Å². The molecule has 23 heavy (non-hydrogen) atoms. The normalized spacial score (nSPS) is 15.8. The van der Waals surface area contributed by atoms with Gasteiger partial charge in [-0.15, -0.1) is 11.8 Å². The van der Waals surface area contributed by atoms with Crippen LogP contribution in [0.3, 0.4) is 0 Å². The van der Waals surface area contributed by atoms with Gasteiger partial charge in [-0.25, -0.2) is 9.50 Å². The number of fused-ring (bicyclic) bond motifs is 4. The number of hydrogen-bond donors (Lipinski definition) is 1. The lowest BCUT2D eigenvalue weighted by atomic mass is 10.1. The molecule has 0 radical (unpaired) electrons. The SMILES string of the molecule is c1cc2cc(c1)-c1cnn3ccc(nc13)SCCNCCCO2. The highest BCUT2D eigenvalue weighted by Gasteiger charge is 2.10. The van der Waals surface area contributed by atoms with E-state index < -0.39 is 0 Å². The van der Waals surface area contributed by atoms with E-state index in [9.17, 15) is 0 Å². The van der Waals surface area contributed by atoms with Crippen LogP contribution in [0.4, 0.5) is 0 Å². The van der Waals surface area contributed by atoms with E-state index in [0.29, 0.717) is 0 Å². The van der Waals surface area contributed by atoms with Gasteiger partial charge in [0, 0.05) is 24.1 Å². The molecular formula is C17H18N4OS. The predicted molar refractivity (Wildman–Crippen MR) is 92.1 cm³/mol. The van der Waals surface area contributed by atoms with Crippen LogP contribution in [-0.4, -0.2) is 40.0 Å². The molecule has 1 aliphatic rings. The fraction of sp³-hybridized carbons (Fsp3) is 0.294. The summed E-state index contributed by atoms with van der Waals surface area (Å²) in [5.41, 5.74) is 3.00. The molecule has 4 rings (SSSR count). The molecule has 2 aromatic heterocycles. The first-order valence-electron chi connectivity index (χ1n) is 7.81. The predicted octanol–water partition coefficient (Wildman–Crippen LogP) is 2.86. The van der Waals surface area contributed by atoms with Crippen molar-refractivity contribution in [2.75, 3.05) is 25.4 Å². The average molecular weight is 326 g/mol. The van der Waals surface area contributed by atoms with E-state index in [4.69, 9.17) is 9.72 Å². The summed E-state index contributed by atoms with van der Waals surface area (Å²) in [5.74, 6) is 1.89. The van der Waals surface area contributed by atoms with E-state index in [1.165, 1.54) is 0 Å². The van der Waals surface area contributed by atoms with Crippen LogP contribution in [0, 0.1) is 0 Å². The molecule has 0 unspecified atom stereocenters. The van der Waals surface area contributed by atoms with Crippen molar-refractivity contribution in [3.8, 4) is 16.9 Å². The Hall–Kier alpha value is -2.05. The van der Waals surface area contributed by atoms with Crippen LogP contribution >= 0.6 is 11.8 Å². The van der Waals surface area contributed by atoms with Gasteiger partial charge in [-0.05, 0) is 36.7 Å². The topological polar surface area (TPSA) is 51.5 Å². The van der Waals surface area contributed by atoms with Crippen molar-refractivity contribution < 1.29 is 4.74 Å². The van der Waals surface area contributed by atoms with E-state index in [2.05, 4.69) is 22.5 Å². The third-order valence-corrected chi connectivity index (χ3v) is 4.72. The maximum atomic E-state index is 5.86. The minimum atomic E-state index is 0.721. The Bertz CT molecular complexity index is 817. The van der Waals surface area contributed by atoms with Crippen molar-refractivity contribution >= 4 is 17.4 Å². The number of thioether (sulfide) groups is 1. The van der Waals surface area contributed by atoms with Crippen molar-refractivity contribution in [2.24, 2.45) is 0 Å². The monoisotopic (exact) mass is 326 g/mol. The molecule has 1 aromatic carbocycles. The molecule has 0 saturated carbocycles. The lowest BCUT2D eigenvalue weighted by Gasteiger charge is -2.08. The zero-order valence-corrected chi connectivity index (χ0v) is 13.6. The zero-order chi connectivity index (χ0) is 15.5. The molecule has 0 aliphatic carbocycles. The summed E-state index contributed by atoms with van der Waals surface area (Å²) in [7, 11) is 0. The molecule has 3 heterocycles. The van der Waals surface area contributed by atoms with Gasteiger partial charge >= 0.3 is 0 Å². The molecule has 6 heteroatoms. The number of aromatic nitrogens is 3. The molecule has 118 valence electrons. The number of hydrogen-bond acceptors (Lipinski definition) is 5. The Morgan fingerprint density at radius 1 is 1.22 bits per heavy atom. The van der Waals surface area contributed by atoms with Gasteiger partial charge in [0.25, 0.3) is 0 Å². The second-order valence-electron chi connectivity index (χ2n) is 5.42. The van der Waals surface area contributed by atoms with E-state index in [-0.39, 0.29) is 0 Å². The smallest absolute Gasteiger partial charge is 0.164 e. The second-order valence-corrected chi connectivity index (χ2v) is 6.54. The standard InChI is InChI=1S/C17H18N4OS/c1-3-13-11-14(4-1)22-9-2-6-18-7-10-23-16-5-8-21-17(20-16)15(13)12-19-21/h1,3-5,8,11-12,18H,2,6-7,9-10H2. The highest BCUT2D eigenvalue weighted by Crippen LogP contribution is 2.28. The number of nitrogens with zero attached hydrogens (tertiary/aromatic N) is 3. The van der Waals surface area contributed by atoms with Crippen LogP contribution in [0.25, 0.3) is 16.8 Å². The maximum absolute atomic E-state index is 5.86. The highest BCUT2D eigenvalue weighted by atomic mass is 32.2. The van der Waals surface area contributed by atoms with Crippen molar-refractivity contribution in [3.63, 3.8) is 0 Å². The molecule has 0 atom stereocenters. The van der Waals surface area contributed by atoms with Gasteiger partial charge < -0.3 is 10.1 Å². The first-order valence-corrected chi connectivity index (χ1v) is 8.80. The summed E-state index contributed by atoms with van der Waals surface area (Å²) in [4.78, 5) is 4.78. The Kier molecular flexibility index (Phi) is 4.17.